The van der Waals surface area contributed by atoms with Gasteiger partial charge in [-0.3, -0.25) is 14.9 Å². The summed E-state index contributed by atoms with van der Waals surface area (Å²) < 4.78 is 0. The summed E-state index contributed by atoms with van der Waals surface area (Å²) in [7, 11) is 0. The van der Waals surface area contributed by atoms with Crippen LogP contribution in [0.25, 0.3) is 0 Å². The molecule has 98 valence electrons. The number of carbonyl (C=O) groups excluding carboxylic acids is 2. The molecule has 0 aromatic carbocycles. The molecule has 0 bridgehead atoms. The Bertz CT molecular complexity index is 282. The van der Waals surface area contributed by atoms with Gasteiger partial charge >= 0.3 is 0 Å². The standard InChI is InChI=1S/C14H25NO2/c1-5-10(6-2)11-8-13(16)15-14(17)12(11)7-9(3)4/h9-12H,5-8H2,1-4H3,(H,15,16,17). The molecule has 0 spiro atoms. The van der Waals surface area contributed by atoms with Gasteiger partial charge in [0.25, 0.3) is 0 Å². The van der Waals surface area contributed by atoms with Crippen molar-refractivity contribution in [1.29, 1.82) is 0 Å². The van der Waals surface area contributed by atoms with Gasteiger partial charge in [0.05, 0.1) is 0 Å². The molecular formula is C14H25NO2. The maximum atomic E-state index is 12.0. The van der Waals surface area contributed by atoms with Crippen LogP contribution >= 0.6 is 0 Å². The SMILES string of the molecule is CCC(CC)C1CC(=O)NC(=O)C1CC(C)C. The number of rotatable bonds is 5. The van der Waals surface area contributed by atoms with E-state index in [0.717, 1.165) is 19.3 Å². The molecular weight excluding hydrogens is 214 g/mol. The third-order valence-electron chi connectivity index (χ3n) is 3.92. The predicted molar refractivity (Wildman–Crippen MR) is 68.3 cm³/mol. The van der Waals surface area contributed by atoms with Crippen molar-refractivity contribution in [3.63, 3.8) is 0 Å². The first-order chi connectivity index (χ1) is 7.99. The molecule has 1 N–H and O–H groups in total. The normalized spacial score (nSPS) is 25.5. The fourth-order valence-corrected chi connectivity index (χ4v) is 3.01. The maximum Gasteiger partial charge on any atom is 0.229 e. The molecule has 1 aliphatic heterocycles. The van der Waals surface area contributed by atoms with Crippen LogP contribution in [0.15, 0.2) is 0 Å². The van der Waals surface area contributed by atoms with Crippen LogP contribution in [-0.4, -0.2) is 11.8 Å². The van der Waals surface area contributed by atoms with E-state index >= 15 is 0 Å². The van der Waals surface area contributed by atoms with E-state index < -0.39 is 0 Å². The van der Waals surface area contributed by atoms with Crippen LogP contribution in [0.4, 0.5) is 0 Å². The van der Waals surface area contributed by atoms with E-state index in [-0.39, 0.29) is 23.7 Å². The van der Waals surface area contributed by atoms with Crippen LogP contribution < -0.4 is 5.32 Å². The number of carbonyl (C=O) groups is 2. The summed E-state index contributed by atoms with van der Waals surface area (Å²) in [5.41, 5.74) is 0. The van der Waals surface area contributed by atoms with E-state index in [0.29, 0.717) is 18.3 Å². The maximum absolute atomic E-state index is 12.0. The lowest BCUT2D eigenvalue weighted by molar-refractivity contribution is -0.141. The molecule has 17 heavy (non-hydrogen) atoms. The zero-order chi connectivity index (χ0) is 13.0. The molecule has 2 atom stereocenters. The van der Waals surface area contributed by atoms with E-state index in [4.69, 9.17) is 0 Å². The molecule has 1 rings (SSSR count). The fourth-order valence-electron chi connectivity index (χ4n) is 3.01. The van der Waals surface area contributed by atoms with Gasteiger partial charge in [-0.1, -0.05) is 40.5 Å². The first-order valence-corrected chi connectivity index (χ1v) is 6.83. The van der Waals surface area contributed by atoms with E-state index in [1.807, 2.05) is 0 Å². The number of hydrogen-bond donors (Lipinski definition) is 1. The summed E-state index contributed by atoms with van der Waals surface area (Å²) in [5.74, 6) is 1.12. The smallest absolute Gasteiger partial charge is 0.229 e. The minimum atomic E-state index is -0.0908. The second-order valence-electron chi connectivity index (χ2n) is 5.59. The molecule has 3 nitrogen and oxygen atoms in total. The summed E-state index contributed by atoms with van der Waals surface area (Å²) in [5, 5.41) is 2.49. The molecule has 3 heteroatoms. The van der Waals surface area contributed by atoms with Crippen LogP contribution in [0.3, 0.4) is 0 Å². The molecule has 0 aliphatic carbocycles. The van der Waals surface area contributed by atoms with Crippen molar-refractivity contribution in [2.75, 3.05) is 0 Å². The Labute approximate surface area is 104 Å². The van der Waals surface area contributed by atoms with Gasteiger partial charge < -0.3 is 0 Å². The van der Waals surface area contributed by atoms with Crippen LogP contribution in [0, 0.1) is 23.7 Å². The number of nitrogens with one attached hydrogen (secondary N) is 1. The Morgan fingerprint density at radius 1 is 1.24 bits per heavy atom. The average molecular weight is 239 g/mol. The quantitative estimate of drug-likeness (QED) is 0.750. The lowest BCUT2D eigenvalue weighted by Crippen LogP contribution is -2.48. The summed E-state index contributed by atoms with van der Waals surface area (Å²) in [6.45, 7) is 8.57. The molecule has 1 fully saturated rings. The molecule has 0 saturated carbocycles. The highest BCUT2D eigenvalue weighted by Crippen LogP contribution is 2.35. The van der Waals surface area contributed by atoms with Crippen molar-refractivity contribution >= 4 is 11.8 Å². The van der Waals surface area contributed by atoms with Crippen LogP contribution in [0.2, 0.25) is 0 Å². The zero-order valence-electron chi connectivity index (χ0n) is 11.5. The van der Waals surface area contributed by atoms with Gasteiger partial charge in [0, 0.05) is 12.3 Å². The molecule has 1 aliphatic rings. The minimum Gasteiger partial charge on any atom is -0.296 e. The second-order valence-corrected chi connectivity index (χ2v) is 5.59. The molecule has 2 amide bonds. The summed E-state index contributed by atoms with van der Waals surface area (Å²) in [6, 6.07) is 0. The monoisotopic (exact) mass is 239 g/mol. The summed E-state index contributed by atoms with van der Waals surface area (Å²) in [4.78, 5) is 23.5. The van der Waals surface area contributed by atoms with Crippen molar-refractivity contribution in [3.05, 3.63) is 0 Å². The Balaban J connectivity index is 2.85. The largest absolute Gasteiger partial charge is 0.296 e. The molecule has 0 aromatic rings. The van der Waals surface area contributed by atoms with Gasteiger partial charge in [0.2, 0.25) is 11.8 Å². The Hall–Kier alpha value is -0.860. The number of hydrogen-bond acceptors (Lipinski definition) is 2. The van der Waals surface area contributed by atoms with Crippen molar-refractivity contribution in [2.24, 2.45) is 23.7 Å². The third kappa shape index (κ3) is 3.55. The van der Waals surface area contributed by atoms with E-state index in [1.54, 1.807) is 0 Å². The Kier molecular flexibility index (Phi) is 5.16. The topological polar surface area (TPSA) is 46.2 Å². The van der Waals surface area contributed by atoms with Gasteiger partial charge in [-0.05, 0) is 24.2 Å². The van der Waals surface area contributed by atoms with Crippen LogP contribution in [0.5, 0.6) is 0 Å². The first kappa shape index (κ1) is 14.2. The highest BCUT2D eigenvalue weighted by atomic mass is 16.2. The second kappa shape index (κ2) is 6.18. The molecule has 0 aromatic heterocycles. The summed E-state index contributed by atoms with van der Waals surface area (Å²) >= 11 is 0. The summed E-state index contributed by atoms with van der Waals surface area (Å²) in [6.07, 6.45) is 3.52. The van der Waals surface area contributed by atoms with E-state index in [1.165, 1.54) is 0 Å². The Morgan fingerprint density at radius 3 is 2.29 bits per heavy atom. The van der Waals surface area contributed by atoms with Gasteiger partial charge in [-0.15, -0.1) is 0 Å². The van der Waals surface area contributed by atoms with Crippen LogP contribution in [0.1, 0.15) is 53.4 Å². The Morgan fingerprint density at radius 2 is 1.82 bits per heavy atom. The van der Waals surface area contributed by atoms with Crippen molar-refractivity contribution in [3.8, 4) is 0 Å². The average Bonchev–Trinajstić information content (AvgIpc) is 2.24. The lowest BCUT2D eigenvalue weighted by Gasteiger charge is -2.36. The predicted octanol–water partition coefficient (Wildman–Crippen LogP) is 2.75. The number of amides is 2. The molecule has 1 heterocycles. The van der Waals surface area contributed by atoms with Gasteiger partial charge in [0.1, 0.15) is 0 Å². The third-order valence-corrected chi connectivity index (χ3v) is 3.92. The molecule has 0 radical (unpaired) electrons. The van der Waals surface area contributed by atoms with Crippen molar-refractivity contribution in [2.45, 2.75) is 53.4 Å². The first-order valence-electron chi connectivity index (χ1n) is 6.83. The van der Waals surface area contributed by atoms with Crippen molar-refractivity contribution < 1.29 is 9.59 Å². The molecule has 2 unspecified atom stereocenters. The van der Waals surface area contributed by atoms with Gasteiger partial charge in [-0.2, -0.15) is 0 Å². The number of piperidine rings is 1. The molecule has 1 saturated heterocycles. The van der Waals surface area contributed by atoms with Gasteiger partial charge in [-0.25, -0.2) is 0 Å². The van der Waals surface area contributed by atoms with Gasteiger partial charge in [0.15, 0.2) is 0 Å². The zero-order valence-corrected chi connectivity index (χ0v) is 11.5. The number of imide groups is 1. The minimum absolute atomic E-state index is 0.0256. The van der Waals surface area contributed by atoms with E-state index in [2.05, 4.69) is 33.0 Å². The van der Waals surface area contributed by atoms with E-state index in [9.17, 15) is 9.59 Å². The highest BCUT2D eigenvalue weighted by molar-refractivity contribution is 5.99. The fraction of sp³-hybridized carbons (Fsp3) is 0.857. The highest BCUT2D eigenvalue weighted by Gasteiger charge is 2.38. The van der Waals surface area contributed by atoms with Crippen molar-refractivity contribution in [1.82, 2.24) is 5.32 Å². The lowest BCUT2D eigenvalue weighted by atomic mass is 9.71. The van der Waals surface area contributed by atoms with Crippen LogP contribution in [-0.2, 0) is 9.59 Å².